The molecule has 0 radical (unpaired) electrons. The number of halogens is 1. The Kier molecular flexibility index (Phi) is 7.43. The van der Waals surface area contributed by atoms with E-state index in [2.05, 4.69) is 5.32 Å². The van der Waals surface area contributed by atoms with Gasteiger partial charge in [0.1, 0.15) is 6.04 Å². The van der Waals surface area contributed by atoms with Crippen molar-refractivity contribution in [1.29, 1.82) is 0 Å². The zero-order chi connectivity index (χ0) is 20.0. The summed E-state index contributed by atoms with van der Waals surface area (Å²) in [5, 5.41) is 3.44. The molecule has 0 aliphatic rings. The standard InChI is InChI=1S/C22H27ClN2O2/c1-5-24-22(27)17(4)25(14-18-8-10-20(23)11-9-18)21(26)13-19-7-6-15(2)16(3)12-19/h6-12,17H,5,13-14H2,1-4H3,(H,24,27)/t17-/m1/s1. The van der Waals surface area contributed by atoms with Crippen LogP contribution in [0.5, 0.6) is 0 Å². The fourth-order valence-electron chi connectivity index (χ4n) is 2.88. The Morgan fingerprint density at radius 3 is 2.26 bits per heavy atom. The summed E-state index contributed by atoms with van der Waals surface area (Å²) in [6.07, 6.45) is 0.262. The molecule has 0 heterocycles. The van der Waals surface area contributed by atoms with Crippen LogP contribution in [-0.2, 0) is 22.6 Å². The van der Waals surface area contributed by atoms with Gasteiger partial charge >= 0.3 is 0 Å². The van der Waals surface area contributed by atoms with E-state index in [9.17, 15) is 9.59 Å². The number of likely N-dealkylation sites (N-methyl/N-ethyl adjacent to an activating group) is 1. The summed E-state index contributed by atoms with van der Waals surface area (Å²) in [7, 11) is 0. The largest absolute Gasteiger partial charge is 0.355 e. The molecule has 2 aromatic carbocycles. The van der Waals surface area contributed by atoms with E-state index >= 15 is 0 Å². The van der Waals surface area contributed by atoms with Gasteiger partial charge in [0.15, 0.2) is 0 Å². The number of hydrogen-bond acceptors (Lipinski definition) is 2. The third kappa shape index (κ3) is 5.83. The van der Waals surface area contributed by atoms with Crippen molar-refractivity contribution in [3.63, 3.8) is 0 Å². The Balaban J connectivity index is 2.23. The fraction of sp³-hybridized carbons (Fsp3) is 0.364. The van der Waals surface area contributed by atoms with Gasteiger partial charge in [-0.25, -0.2) is 0 Å². The molecule has 0 saturated carbocycles. The molecule has 4 nitrogen and oxygen atoms in total. The van der Waals surface area contributed by atoms with Gasteiger partial charge in [0.05, 0.1) is 6.42 Å². The second kappa shape index (κ2) is 9.56. The van der Waals surface area contributed by atoms with Crippen LogP contribution in [0.4, 0.5) is 0 Å². The van der Waals surface area contributed by atoms with Crippen molar-refractivity contribution < 1.29 is 9.59 Å². The highest BCUT2D eigenvalue weighted by Gasteiger charge is 2.25. The molecule has 0 fully saturated rings. The summed E-state index contributed by atoms with van der Waals surface area (Å²) in [5.74, 6) is -0.230. The number of nitrogens with zero attached hydrogens (tertiary/aromatic N) is 1. The molecule has 0 aliphatic heterocycles. The fourth-order valence-corrected chi connectivity index (χ4v) is 3.01. The quantitative estimate of drug-likeness (QED) is 0.780. The molecule has 0 aliphatic carbocycles. The molecule has 0 saturated heterocycles. The second-order valence-corrected chi connectivity index (χ2v) is 7.25. The first kappa shape index (κ1) is 21.0. The first-order chi connectivity index (χ1) is 12.8. The lowest BCUT2D eigenvalue weighted by Crippen LogP contribution is -2.48. The number of hydrogen-bond donors (Lipinski definition) is 1. The lowest BCUT2D eigenvalue weighted by atomic mass is 10.0. The minimum atomic E-state index is -0.556. The van der Waals surface area contributed by atoms with Crippen LogP contribution in [0.15, 0.2) is 42.5 Å². The molecule has 0 spiro atoms. The van der Waals surface area contributed by atoms with Gasteiger partial charge in [0, 0.05) is 18.1 Å². The Labute approximate surface area is 166 Å². The predicted octanol–water partition coefficient (Wildman–Crippen LogP) is 4.05. The van der Waals surface area contributed by atoms with Crippen molar-refractivity contribution in [2.45, 2.75) is 46.7 Å². The third-order valence-corrected chi connectivity index (χ3v) is 4.96. The SMILES string of the molecule is CCNC(=O)[C@@H](C)N(Cc1ccc(Cl)cc1)C(=O)Cc1ccc(C)c(C)c1. The number of nitrogens with one attached hydrogen (secondary N) is 1. The van der Waals surface area contributed by atoms with Crippen molar-refractivity contribution in [2.24, 2.45) is 0 Å². The molecule has 27 heavy (non-hydrogen) atoms. The van der Waals surface area contributed by atoms with Crippen LogP contribution >= 0.6 is 11.6 Å². The van der Waals surface area contributed by atoms with Gasteiger partial charge in [0.2, 0.25) is 11.8 Å². The smallest absolute Gasteiger partial charge is 0.242 e. The van der Waals surface area contributed by atoms with Crippen molar-refractivity contribution in [3.8, 4) is 0 Å². The van der Waals surface area contributed by atoms with Crippen molar-refractivity contribution in [3.05, 3.63) is 69.7 Å². The number of carbonyl (C=O) groups is 2. The van der Waals surface area contributed by atoms with E-state index < -0.39 is 6.04 Å². The average Bonchev–Trinajstić information content (AvgIpc) is 2.64. The molecular formula is C22H27ClN2O2. The topological polar surface area (TPSA) is 49.4 Å². The zero-order valence-electron chi connectivity index (χ0n) is 16.4. The van der Waals surface area contributed by atoms with E-state index in [0.717, 1.165) is 16.7 Å². The lowest BCUT2D eigenvalue weighted by molar-refractivity contribution is -0.140. The van der Waals surface area contributed by atoms with E-state index in [-0.39, 0.29) is 18.2 Å². The van der Waals surface area contributed by atoms with Gasteiger partial charge in [-0.2, -0.15) is 0 Å². The van der Waals surface area contributed by atoms with Gasteiger partial charge < -0.3 is 10.2 Å². The third-order valence-electron chi connectivity index (χ3n) is 4.71. The van der Waals surface area contributed by atoms with Crippen LogP contribution in [0, 0.1) is 13.8 Å². The Morgan fingerprint density at radius 2 is 1.67 bits per heavy atom. The molecule has 0 aromatic heterocycles. The van der Waals surface area contributed by atoms with Gasteiger partial charge in [0.25, 0.3) is 0 Å². The summed E-state index contributed by atoms with van der Waals surface area (Å²) < 4.78 is 0. The highest BCUT2D eigenvalue weighted by atomic mass is 35.5. The highest BCUT2D eigenvalue weighted by Crippen LogP contribution is 2.16. The number of aryl methyl sites for hydroxylation is 2. The lowest BCUT2D eigenvalue weighted by Gasteiger charge is -2.29. The zero-order valence-corrected chi connectivity index (χ0v) is 17.1. The average molecular weight is 387 g/mol. The maximum Gasteiger partial charge on any atom is 0.242 e. The molecule has 0 bridgehead atoms. The molecule has 144 valence electrons. The van der Waals surface area contributed by atoms with Crippen LogP contribution in [-0.4, -0.2) is 29.3 Å². The van der Waals surface area contributed by atoms with E-state index in [0.29, 0.717) is 18.1 Å². The van der Waals surface area contributed by atoms with E-state index in [1.54, 1.807) is 24.0 Å². The van der Waals surface area contributed by atoms with Crippen molar-refractivity contribution >= 4 is 23.4 Å². The van der Waals surface area contributed by atoms with E-state index in [1.165, 1.54) is 5.56 Å². The van der Waals surface area contributed by atoms with Crippen LogP contribution in [0.3, 0.4) is 0 Å². The van der Waals surface area contributed by atoms with Crippen molar-refractivity contribution in [1.82, 2.24) is 10.2 Å². The van der Waals surface area contributed by atoms with Crippen LogP contribution in [0.25, 0.3) is 0 Å². The van der Waals surface area contributed by atoms with Gasteiger partial charge in [-0.1, -0.05) is 41.9 Å². The van der Waals surface area contributed by atoms with E-state index in [1.807, 2.05) is 51.1 Å². The Hall–Kier alpha value is -2.33. The number of amides is 2. The Morgan fingerprint density at radius 1 is 1.04 bits per heavy atom. The molecule has 2 rings (SSSR count). The molecular weight excluding hydrogens is 360 g/mol. The summed E-state index contributed by atoms with van der Waals surface area (Å²) in [5.41, 5.74) is 4.23. The first-order valence-corrected chi connectivity index (χ1v) is 9.57. The molecule has 1 atom stereocenters. The van der Waals surface area contributed by atoms with Gasteiger partial charge in [-0.15, -0.1) is 0 Å². The van der Waals surface area contributed by atoms with Crippen molar-refractivity contribution in [2.75, 3.05) is 6.54 Å². The van der Waals surface area contributed by atoms with E-state index in [4.69, 9.17) is 11.6 Å². The summed E-state index contributed by atoms with van der Waals surface area (Å²) in [6.45, 7) is 8.60. The summed E-state index contributed by atoms with van der Waals surface area (Å²) >= 11 is 5.96. The maximum absolute atomic E-state index is 13.1. The summed E-state index contributed by atoms with van der Waals surface area (Å²) in [6, 6.07) is 12.8. The minimum Gasteiger partial charge on any atom is -0.355 e. The molecule has 2 amide bonds. The predicted molar refractivity (Wildman–Crippen MR) is 110 cm³/mol. The molecule has 1 N–H and O–H groups in total. The minimum absolute atomic E-state index is 0.0769. The Bertz CT molecular complexity index is 802. The van der Waals surface area contributed by atoms with Gasteiger partial charge in [-0.3, -0.25) is 9.59 Å². The number of rotatable bonds is 7. The second-order valence-electron chi connectivity index (χ2n) is 6.81. The maximum atomic E-state index is 13.1. The normalized spacial score (nSPS) is 11.7. The van der Waals surface area contributed by atoms with Crippen LogP contribution in [0.2, 0.25) is 5.02 Å². The number of carbonyl (C=O) groups excluding carboxylic acids is 2. The van der Waals surface area contributed by atoms with Gasteiger partial charge in [-0.05, 0) is 62.1 Å². The van der Waals surface area contributed by atoms with Crippen LogP contribution in [0.1, 0.15) is 36.1 Å². The first-order valence-electron chi connectivity index (χ1n) is 9.19. The molecule has 0 unspecified atom stereocenters. The number of benzene rings is 2. The molecule has 2 aromatic rings. The highest BCUT2D eigenvalue weighted by molar-refractivity contribution is 6.30. The van der Waals surface area contributed by atoms with Crippen LogP contribution < -0.4 is 5.32 Å². The molecule has 5 heteroatoms. The summed E-state index contributed by atoms with van der Waals surface area (Å²) in [4.78, 5) is 27.0. The monoisotopic (exact) mass is 386 g/mol.